The summed E-state index contributed by atoms with van der Waals surface area (Å²) in [4.78, 5) is 24.1. The maximum Gasteiger partial charge on any atom is 0.329 e. The number of carbonyl (C=O) groups excluding carboxylic acids is 1. The highest BCUT2D eigenvalue weighted by Crippen LogP contribution is 2.18. The zero-order valence-electron chi connectivity index (χ0n) is 11.4. The summed E-state index contributed by atoms with van der Waals surface area (Å²) in [6, 6.07) is 3.24. The molecular formula is C13H20N2O3S. The van der Waals surface area contributed by atoms with Gasteiger partial charge in [0.15, 0.2) is 0 Å². The van der Waals surface area contributed by atoms with Gasteiger partial charge in [-0.3, -0.25) is 0 Å². The molecule has 106 valence electrons. The summed E-state index contributed by atoms with van der Waals surface area (Å²) in [7, 11) is 0. The molecule has 0 aliphatic carbocycles. The predicted octanol–water partition coefficient (Wildman–Crippen LogP) is 2.75. The molecule has 0 radical (unpaired) electrons. The maximum absolute atomic E-state index is 11.9. The van der Waals surface area contributed by atoms with Crippen LogP contribution in [0.5, 0.6) is 0 Å². The second kappa shape index (κ2) is 6.56. The molecule has 2 unspecified atom stereocenters. The van der Waals surface area contributed by atoms with Crippen LogP contribution in [-0.4, -0.2) is 22.6 Å². The quantitative estimate of drug-likeness (QED) is 0.751. The lowest BCUT2D eigenvalue weighted by molar-refractivity contribution is -0.144. The number of nitrogens with one attached hydrogen (secondary N) is 2. The molecule has 0 aliphatic heterocycles. The summed E-state index contributed by atoms with van der Waals surface area (Å²) in [5.74, 6) is -1.02. The minimum atomic E-state index is -1.23. The van der Waals surface area contributed by atoms with Crippen molar-refractivity contribution in [2.24, 2.45) is 0 Å². The van der Waals surface area contributed by atoms with Gasteiger partial charge in [-0.05, 0) is 31.7 Å². The van der Waals surface area contributed by atoms with Crippen LogP contribution in [0.15, 0.2) is 17.5 Å². The van der Waals surface area contributed by atoms with Crippen molar-refractivity contribution in [1.29, 1.82) is 0 Å². The molecule has 1 aromatic rings. The standard InChI is InChI=1S/C13H20N2O3S/c1-4-7-13(3,11(16)17)15-12(18)14-9(2)10-6-5-8-19-10/h5-6,8-9H,4,7H2,1-3H3,(H,16,17)(H2,14,15,18). The average Bonchev–Trinajstić information content (AvgIpc) is 2.81. The normalized spacial score (nSPS) is 15.3. The van der Waals surface area contributed by atoms with Crippen molar-refractivity contribution >= 4 is 23.3 Å². The fraction of sp³-hybridized carbons (Fsp3) is 0.538. The van der Waals surface area contributed by atoms with Crippen LogP contribution in [-0.2, 0) is 4.79 Å². The van der Waals surface area contributed by atoms with Crippen molar-refractivity contribution < 1.29 is 14.7 Å². The number of hydrogen-bond donors (Lipinski definition) is 3. The van der Waals surface area contributed by atoms with Crippen molar-refractivity contribution in [3.05, 3.63) is 22.4 Å². The Bertz CT molecular complexity index is 433. The number of carboxylic acids is 1. The molecule has 0 spiro atoms. The molecule has 0 bridgehead atoms. The van der Waals surface area contributed by atoms with E-state index >= 15 is 0 Å². The number of aliphatic carboxylic acids is 1. The summed E-state index contributed by atoms with van der Waals surface area (Å²) >= 11 is 1.55. The van der Waals surface area contributed by atoms with Crippen LogP contribution in [0.2, 0.25) is 0 Å². The largest absolute Gasteiger partial charge is 0.480 e. The van der Waals surface area contributed by atoms with Crippen LogP contribution < -0.4 is 10.6 Å². The zero-order valence-corrected chi connectivity index (χ0v) is 12.2. The molecule has 0 saturated carbocycles. The highest BCUT2D eigenvalue weighted by molar-refractivity contribution is 7.10. The lowest BCUT2D eigenvalue weighted by atomic mass is 9.96. The maximum atomic E-state index is 11.9. The van der Waals surface area contributed by atoms with Gasteiger partial charge in [-0.2, -0.15) is 0 Å². The van der Waals surface area contributed by atoms with E-state index in [9.17, 15) is 14.7 Å². The summed E-state index contributed by atoms with van der Waals surface area (Å²) in [5, 5.41) is 16.4. The fourth-order valence-corrected chi connectivity index (χ4v) is 2.55. The first-order valence-corrected chi connectivity index (χ1v) is 7.12. The van der Waals surface area contributed by atoms with E-state index < -0.39 is 17.5 Å². The summed E-state index contributed by atoms with van der Waals surface area (Å²) in [6.45, 7) is 5.27. The van der Waals surface area contributed by atoms with E-state index in [-0.39, 0.29) is 6.04 Å². The SMILES string of the molecule is CCCC(C)(NC(=O)NC(C)c1cccs1)C(=O)O. The Kier molecular flexibility index (Phi) is 5.35. The van der Waals surface area contributed by atoms with E-state index in [0.29, 0.717) is 12.8 Å². The molecule has 5 nitrogen and oxygen atoms in total. The molecule has 0 fully saturated rings. The smallest absolute Gasteiger partial charge is 0.329 e. The second-order valence-electron chi connectivity index (χ2n) is 4.72. The van der Waals surface area contributed by atoms with Crippen molar-refractivity contribution in [2.75, 3.05) is 0 Å². The summed E-state index contributed by atoms with van der Waals surface area (Å²) < 4.78 is 0. The van der Waals surface area contributed by atoms with E-state index in [1.807, 2.05) is 31.4 Å². The monoisotopic (exact) mass is 284 g/mol. The van der Waals surface area contributed by atoms with Crippen molar-refractivity contribution in [3.63, 3.8) is 0 Å². The van der Waals surface area contributed by atoms with Crippen LogP contribution in [0.3, 0.4) is 0 Å². The number of hydrogen-bond acceptors (Lipinski definition) is 3. The first kappa shape index (κ1) is 15.5. The van der Waals surface area contributed by atoms with Gasteiger partial charge < -0.3 is 15.7 Å². The molecule has 1 aromatic heterocycles. The van der Waals surface area contributed by atoms with Crippen molar-refractivity contribution in [3.8, 4) is 0 Å². The molecule has 1 heterocycles. The van der Waals surface area contributed by atoms with Gasteiger partial charge in [-0.1, -0.05) is 19.4 Å². The number of urea groups is 1. The van der Waals surface area contributed by atoms with E-state index in [1.54, 1.807) is 11.3 Å². The van der Waals surface area contributed by atoms with Crippen LogP contribution in [0.4, 0.5) is 4.79 Å². The Hall–Kier alpha value is -1.56. The van der Waals surface area contributed by atoms with Crippen LogP contribution in [0.25, 0.3) is 0 Å². The third-order valence-corrected chi connectivity index (χ3v) is 3.98. The topological polar surface area (TPSA) is 78.4 Å². The molecule has 3 N–H and O–H groups in total. The predicted molar refractivity (Wildman–Crippen MR) is 75.4 cm³/mol. The second-order valence-corrected chi connectivity index (χ2v) is 5.70. The first-order chi connectivity index (χ1) is 8.89. The molecular weight excluding hydrogens is 264 g/mol. The highest BCUT2D eigenvalue weighted by atomic mass is 32.1. The Morgan fingerprint density at radius 2 is 2.21 bits per heavy atom. The van der Waals surface area contributed by atoms with E-state index in [4.69, 9.17) is 0 Å². The third-order valence-electron chi connectivity index (χ3n) is 2.93. The molecule has 19 heavy (non-hydrogen) atoms. The molecule has 2 amide bonds. The number of rotatable bonds is 6. The number of carbonyl (C=O) groups is 2. The van der Waals surface area contributed by atoms with Gasteiger partial charge in [0.05, 0.1) is 6.04 Å². The molecule has 1 rings (SSSR count). The average molecular weight is 284 g/mol. The van der Waals surface area contributed by atoms with Gasteiger partial charge in [0, 0.05) is 4.88 Å². The Morgan fingerprint density at radius 1 is 1.53 bits per heavy atom. The van der Waals surface area contributed by atoms with E-state index in [1.165, 1.54) is 6.92 Å². The van der Waals surface area contributed by atoms with Crippen LogP contribution >= 0.6 is 11.3 Å². The molecule has 6 heteroatoms. The first-order valence-electron chi connectivity index (χ1n) is 6.24. The van der Waals surface area contributed by atoms with Gasteiger partial charge in [0.1, 0.15) is 5.54 Å². The van der Waals surface area contributed by atoms with Gasteiger partial charge in [0.2, 0.25) is 0 Å². The number of carboxylic acid groups (broad SMARTS) is 1. The van der Waals surface area contributed by atoms with Gasteiger partial charge in [-0.15, -0.1) is 11.3 Å². The summed E-state index contributed by atoms with van der Waals surface area (Å²) in [5.41, 5.74) is -1.23. The Labute approximate surface area is 117 Å². The number of amides is 2. The minimum absolute atomic E-state index is 0.139. The number of thiophene rings is 1. The van der Waals surface area contributed by atoms with Gasteiger partial charge in [-0.25, -0.2) is 9.59 Å². The van der Waals surface area contributed by atoms with Crippen LogP contribution in [0, 0.1) is 0 Å². The molecule has 0 aromatic carbocycles. The fourth-order valence-electron chi connectivity index (χ4n) is 1.81. The molecule has 2 atom stereocenters. The summed E-state index contributed by atoms with van der Waals surface area (Å²) in [6.07, 6.45) is 1.08. The zero-order chi connectivity index (χ0) is 14.5. The Balaban J connectivity index is 2.61. The van der Waals surface area contributed by atoms with Crippen LogP contribution in [0.1, 0.15) is 44.5 Å². The Morgan fingerprint density at radius 3 is 2.68 bits per heavy atom. The molecule has 0 aliphatic rings. The third kappa shape index (κ3) is 4.24. The lowest BCUT2D eigenvalue weighted by Gasteiger charge is -2.26. The van der Waals surface area contributed by atoms with Crippen molar-refractivity contribution in [2.45, 2.75) is 45.2 Å². The molecule has 0 saturated heterocycles. The van der Waals surface area contributed by atoms with E-state index in [0.717, 1.165) is 4.88 Å². The minimum Gasteiger partial charge on any atom is -0.480 e. The van der Waals surface area contributed by atoms with E-state index in [2.05, 4.69) is 10.6 Å². The lowest BCUT2D eigenvalue weighted by Crippen LogP contribution is -2.55. The van der Waals surface area contributed by atoms with Gasteiger partial charge in [0.25, 0.3) is 0 Å². The van der Waals surface area contributed by atoms with Crippen molar-refractivity contribution in [1.82, 2.24) is 10.6 Å². The highest BCUT2D eigenvalue weighted by Gasteiger charge is 2.34. The van der Waals surface area contributed by atoms with Gasteiger partial charge >= 0.3 is 12.0 Å².